The van der Waals surface area contributed by atoms with Crippen LogP contribution in [0.1, 0.15) is 71.1 Å². The number of hydrogen-bond donors (Lipinski definition) is 4. The van der Waals surface area contributed by atoms with Crippen LogP contribution in [0.2, 0.25) is 0 Å². The smallest absolute Gasteiger partial charge is 0.399 e. The number of nitrogens with one attached hydrogen (secondary N) is 1. The Kier molecular flexibility index (Phi) is 15.6. The lowest BCUT2D eigenvalue weighted by Gasteiger charge is -2.29. The van der Waals surface area contributed by atoms with Gasteiger partial charge in [-0.3, -0.25) is 10.1 Å². The number of carboxylic acid groups (broad SMARTS) is 1. The second-order valence-corrected chi connectivity index (χ2v) is 8.31. The van der Waals surface area contributed by atoms with E-state index in [4.69, 9.17) is 9.29 Å². The molecule has 0 spiro atoms. The van der Waals surface area contributed by atoms with E-state index in [1.165, 1.54) is 38.5 Å². The molecule has 28 heavy (non-hydrogen) atoms. The summed E-state index contributed by atoms with van der Waals surface area (Å²) in [6, 6.07) is 0. The van der Waals surface area contributed by atoms with Crippen molar-refractivity contribution in [1.29, 1.82) is 0 Å². The molecule has 0 saturated heterocycles. The summed E-state index contributed by atoms with van der Waals surface area (Å²) < 4.78 is 32.9. The van der Waals surface area contributed by atoms with Gasteiger partial charge >= 0.3 is 16.4 Å². The van der Waals surface area contributed by atoms with E-state index < -0.39 is 48.3 Å². The van der Waals surface area contributed by atoms with Crippen LogP contribution < -0.4 is 5.32 Å². The molecule has 0 aliphatic carbocycles. The molecule has 168 valence electrons. The highest BCUT2D eigenvalue weighted by molar-refractivity contribution is 7.81. The number of unbranched alkanes of at least 4 members (excludes halogenated alkanes) is 9. The number of aliphatic hydroxyl groups is 2. The van der Waals surface area contributed by atoms with Gasteiger partial charge in [0.15, 0.2) is 0 Å². The van der Waals surface area contributed by atoms with Gasteiger partial charge in [-0.2, -0.15) is 8.42 Å². The molecule has 0 aliphatic rings. The number of rotatable bonds is 20. The molecule has 0 aromatic heterocycles. The maximum absolute atomic E-state index is 11.8. The minimum absolute atomic E-state index is 0.00730. The van der Waals surface area contributed by atoms with E-state index in [0.717, 1.165) is 19.3 Å². The Balaban J connectivity index is 3.93. The Bertz CT molecular complexity index is 494. The van der Waals surface area contributed by atoms with Crippen molar-refractivity contribution >= 4 is 16.4 Å². The van der Waals surface area contributed by atoms with Crippen molar-refractivity contribution < 1.29 is 36.9 Å². The first kappa shape index (κ1) is 27.2. The van der Waals surface area contributed by atoms with Crippen molar-refractivity contribution in [3.63, 3.8) is 0 Å². The summed E-state index contributed by atoms with van der Waals surface area (Å²) in [4.78, 5) is 10.6. The lowest BCUT2D eigenvalue weighted by atomic mass is 10.0. The van der Waals surface area contributed by atoms with Gasteiger partial charge in [0, 0.05) is 0 Å². The van der Waals surface area contributed by atoms with Gasteiger partial charge in [0.1, 0.15) is 0 Å². The molecule has 0 aromatic carbocycles. The summed E-state index contributed by atoms with van der Waals surface area (Å²) in [6.45, 7) is -0.431. The zero-order valence-corrected chi connectivity index (χ0v) is 17.7. The van der Waals surface area contributed by atoms with Crippen LogP contribution in [0.4, 0.5) is 0 Å². The zero-order chi connectivity index (χ0) is 21.3. The van der Waals surface area contributed by atoms with E-state index in [2.05, 4.69) is 16.4 Å². The van der Waals surface area contributed by atoms with Gasteiger partial charge in [-0.15, -0.1) is 0 Å². The predicted molar refractivity (Wildman–Crippen MR) is 105 cm³/mol. The van der Waals surface area contributed by atoms with Gasteiger partial charge in [0.25, 0.3) is 0 Å². The molecular weight excluding hydrogens is 390 g/mol. The number of aliphatic hydroxyl groups excluding tert-OH is 2. The fourth-order valence-electron chi connectivity index (χ4n) is 2.54. The second-order valence-electron chi connectivity index (χ2n) is 7.02. The van der Waals surface area contributed by atoms with E-state index in [9.17, 15) is 23.4 Å². The quantitative estimate of drug-likeness (QED) is 0.213. The number of aliphatic carboxylic acids is 1. The number of carbonyl (C=O) groups is 1. The molecule has 0 fully saturated rings. The van der Waals surface area contributed by atoms with Crippen LogP contribution in [0, 0.1) is 0 Å². The average Bonchev–Trinajstić information content (AvgIpc) is 2.66. The molecular formula is C18H37NO8S. The van der Waals surface area contributed by atoms with E-state index in [0.29, 0.717) is 6.42 Å². The van der Waals surface area contributed by atoms with Crippen LogP contribution >= 0.6 is 0 Å². The van der Waals surface area contributed by atoms with E-state index >= 15 is 0 Å². The third-order valence-corrected chi connectivity index (χ3v) is 5.29. The van der Waals surface area contributed by atoms with Crippen LogP contribution in [0.25, 0.3) is 0 Å². The van der Waals surface area contributed by atoms with Crippen molar-refractivity contribution in [2.24, 2.45) is 0 Å². The third kappa shape index (κ3) is 14.3. The van der Waals surface area contributed by atoms with Crippen molar-refractivity contribution in [3.8, 4) is 0 Å². The third-order valence-electron chi connectivity index (χ3n) is 4.43. The Morgan fingerprint density at radius 2 is 1.39 bits per heavy atom. The molecule has 0 heterocycles. The normalized spacial score (nSPS) is 12.4. The van der Waals surface area contributed by atoms with Gasteiger partial charge < -0.3 is 15.3 Å². The predicted octanol–water partition coefficient (Wildman–Crippen LogP) is 1.58. The van der Waals surface area contributed by atoms with Gasteiger partial charge in [-0.1, -0.05) is 64.7 Å². The SMILES string of the molecule is CCCCCCCCCCCCOS(=O)(=O)OCC(CO)(CO)NCC(=O)O. The summed E-state index contributed by atoms with van der Waals surface area (Å²) >= 11 is 0. The van der Waals surface area contributed by atoms with Crippen LogP contribution in [0.3, 0.4) is 0 Å². The maximum atomic E-state index is 11.8. The Labute approximate surface area is 168 Å². The molecule has 0 aromatic rings. The Hall–Kier alpha value is -0.780. The Morgan fingerprint density at radius 1 is 0.893 bits per heavy atom. The summed E-state index contributed by atoms with van der Waals surface area (Å²) in [7, 11) is -4.29. The molecule has 0 atom stereocenters. The van der Waals surface area contributed by atoms with E-state index in [1.54, 1.807) is 0 Å². The van der Waals surface area contributed by atoms with Crippen LogP contribution in [0.15, 0.2) is 0 Å². The summed E-state index contributed by atoms with van der Waals surface area (Å²) in [5.41, 5.74) is -1.59. The molecule has 4 N–H and O–H groups in total. The lowest BCUT2D eigenvalue weighted by molar-refractivity contribution is -0.136. The molecule has 0 bridgehead atoms. The highest BCUT2D eigenvalue weighted by Crippen LogP contribution is 2.12. The standard InChI is InChI=1S/C18H37NO8S/c1-2-3-4-5-6-7-8-9-10-11-12-26-28(24,25)27-16-18(14-20,15-21)19-13-17(22)23/h19-21H,2-16H2,1H3,(H,22,23). The maximum Gasteiger partial charge on any atom is 0.399 e. The molecule has 0 amide bonds. The topological polar surface area (TPSA) is 142 Å². The molecule has 9 nitrogen and oxygen atoms in total. The molecule has 10 heteroatoms. The Morgan fingerprint density at radius 3 is 1.86 bits per heavy atom. The first-order valence-electron chi connectivity index (χ1n) is 10.0. The van der Waals surface area contributed by atoms with Crippen LogP contribution in [0.5, 0.6) is 0 Å². The minimum atomic E-state index is -4.29. The second kappa shape index (κ2) is 16.1. The largest absolute Gasteiger partial charge is 0.480 e. The fraction of sp³-hybridized carbons (Fsp3) is 0.944. The molecule has 0 radical (unpaired) electrons. The summed E-state index contributed by atoms with van der Waals surface area (Å²) in [5, 5.41) is 29.7. The summed E-state index contributed by atoms with van der Waals surface area (Å²) in [5.74, 6) is -1.22. The van der Waals surface area contributed by atoms with Crippen LogP contribution in [-0.2, 0) is 23.6 Å². The average molecular weight is 428 g/mol. The van der Waals surface area contributed by atoms with Gasteiger partial charge in [0.2, 0.25) is 0 Å². The van der Waals surface area contributed by atoms with Crippen molar-refractivity contribution in [2.75, 3.05) is 33.0 Å². The number of carboxylic acids is 1. The van der Waals surface area contributed by atoms with Crippen molar-refractivity contribution in [3.05, 3.63) is 0 Å². The minimum Gasteiger partial charge on any atom is -0.480 e. The molecule has 0 unspecified atom stereocenters. The molecule has 0 saturated carbocycles. The van der Waals surface area contributed by atoms with Crippen molar-refractivity contribution in [2.45, 2.75) is 76.7 Å². The molecule has 0 rings (SSSR count). The van der Waals surface area contributed by atoms with E-state index in [-0.39, 0.29) is 6.61 Å². The zero-order valence-electron chi connectivity index (χ0n) is 16.9. The van der Waals surface area contributed by atoms with Crippen LogP contribution in [-0.4, -0.2) is 68.2 Å². The van der Waals surface area contributed by atoms with E-state index in [1.807, 2.05) is 0 Å². The summed E-state index contributed by atoms with van der Waals surface area (Å²) in [6.07, 6.45) is 11.1. The fourth-order valence-corrected chi connectivity index (χ4v) is 3.30. The van der Waals surface area contributed by atoms with Gasteiger partial charge in [-0.05, 0) is 6.42 Å². The number of hydrogen-bond acceptors (Lipinski definition) is 8. The highest BCUT2D eigenvalue weighted by atomic mass is 32.3. The van der Waals surface area contributed by atoms with Crippen molar-refractivity contribution in [1.82, 2.24) is 5.32 Å². The first-order valence-corrected chi connectivity index (χ1v) is 11.4. The highest BCUT2D eigenvalue weighted by Gasteiger charge is 2.32. The molecule has 0 aliphatic heterocycles. The van der Waals surface area contributed by atoms with Gasteiger partial charge in [0.05, 0.1) is 38.5 Å². The first-order chi connectivity index (χ1) is 13.3. The lowest BCUT2D eigenvalue weighted by Crippen LogP contribution is -2.57. The monoisotopic (exact) mass is 427 g/mol. The van der Waals surface area contributed by atoms with Gasteiger partial charge in [-0.25, -0.2) is 8.37 Å².